The van der Waals surface area contributed by atoms with Gasteiger partial charge in [-0.1, -0.05) is 0 Å². The van der Waals surface area contributed by atoms with Crippen LogP contribution in [-0.2, 0) is 4.74 Å². The molecule has 0 saturated carbocycles. The van der Waals surface area contributed by atoms with Crippen molar-refractivity contribution < 1.29 is 19.0 Å². The van der Waals surface area contributed by atoms with Gasteiger partial charge in [0.1, 0.15) is 6.33 Å². The quantitative estimate of drug-likeness (QED) is 0.298. The highest BCUT2D eigenvalue weighted by molar-refractivity contribution is 6.03. The van der Waals surface area contributed by atoms with Gasteiger partial charge in [-0.3, -0.25) is 4.90 Å². The van der Waals surface area contributed by atoms with Crippen LogP contribution in [0.25, 0.3) is 33.1 Å². The molecule has 0 spiro atoms. The van der Waals surface area contributed by atoms with Crippen molar-refractivity contribution in [1.82, 2.24) is 24.6 Å². The summed E-state index contributed by atoms with van der Waals surface area (Å²) in [7, 11) is 1.66. The van der Waals surface area contributed by atoms with Crippen molar-refractivity contribution in [3.8, 4) is 28.5 Å². The molecule has 0 aliphatic carbocycles. The van der Waals surface area contributed by atoms with Gasteiger partial charge in [0.2, 0.25) is 0 Å². The molecule has 9 heteroatoms. The van der Waals surface area contributed by atoms with Crippen LogP contribution in [0.2, 0.25) is 0 Å². The molecule has 2 aromatic carbocycles. The van der Waals surface area contributed by atoms with Gasteiger partial charge in [-0.2, -0.15) is 4.73 Å². The molecular formula is C28H29N5O4. The van der Waals surface area contributed by atoms with Crippen molar-refractivity contribution in [2.24, 2.45) is 0 Å². The first-order valence-corrected chi connectivity index (χ1v) is 12.5. The van der Waals surface area contributed by atoms with Gasteiger partial charge in [0.15, 0.2) is 17.2 Å². The van der Waals surface area contributed by atoms with Gasteiger partial charge in [-0.15, -0.1) is 0 Å². The minimum atomic E-state index is 0.604. The third-order valence-corrected chi connectivity index (χ3v) is 6.60. The molecule has 1 aliphatic heterocycles. The monoisotopic (exact) mass is 499 g/mol. The molecule has 1 N–H and O–H groups in total. The molecule has 1 aliphatic rings. The lowest BCUT2D eigenvalue weighted by Gasteiger charge is -2.26. The van der Waals surface area contributed by atoms with E-state index in [-0.39, 0.29) is 0 Å². The number of fused-ring (bicyclic) bond motifs is 2. The molecule has 0 amide bonds. The first-order valence-electron chi connectivity index (χ1n) is 12.5. The van der Waals surface area contributed by atoms with Gasteiger partial charge in [0, 0.05) is 72.2 Å². The maximum absolute atomic E-state index is 6.12. The molecule has 190 valence electrons. The number of rotatable bonds is 9. The summed E-state index contributed by atoms with van der Waals surface area (Å²) in [5, 5.41) is 1.94. The molecular weight excluding hydrogens is 470 g/mol. The van der Waals surface area contributed by atoms with Crippen molar-refractivity contribution in [2.45, 2.75) is 6.42 Å². The van der Waals surface area contributed by atoms with Crippen LogP contribution in [0.1, 0.15) is 6.42 Å². The van der Waals surface area contributed by atoms with E-state index in [1.165, 1.54) is 0 Å². The highest BCUT2D eigenvalue weighted by Crippen LogP contribution is 2.38. The summed E-state index contributed by atoms with van der Waals surface area (Å²) in [6, 6.07) is 13.7. The molecule has 5 aromatic rings. The number of aromatic nitrogens is 4. The Balaban J connectivity index is 1.24. The summed E-state index contributed by atoms with van der Waals surface area (Å²) in [6.07, 6.45) is 8.20. The lowest BCUT2D eigenvalue weighted by atomic mass is 10.0. The number of ether oxygens (including phenoxy) is 3. The van der Waals surface area contributed by atoms with Crippen LogP contribution >= 0.6 is 0 Å². The third-order valence-electron chi connectivity index (χ3n) is 6.60. The number of nitrogens with zero attached hydrogens (tertiary/aromatic N) is 4. The van der Waals surface area contributed by atoms with E-state index in [0.29, 0.717) is 18.1 Å². The number of morpholine rings is 1. The van der Waals surface area contributed by atoms with Gasteiger partial charge in [-0.05, 0) is 36.8 Å². The van der Waals surface area contributed by atoms with E-state index in [2.05, 4.69) is 19.9 Å². The summed E-state index contributed by atoms with van der Waals surface area (Å²) in [6.45, 7) is 5.17. The van der Waals surface area contributed by atoms with E-state index < -0.39 is 0 Å². The lowest BCUT2D eigenvalue weighted by Crippen LogP contribution is -2.37. The van der Waals surface area contributed by atoms with Gasteiger partial charge in [0.25, 0.3) is 0 Å². The van der Waals surface area contributed by atoms with Crippen LogP contribution < -0.4 is 14.3 Å². The smallest absolute Gasteiger partial charge is 0.163 e. The van der Waals surface area contributed by atoms with Crippen LogP contribution in [-0.4, -0.2) is 71.1 Å². The fraction of sp³-hybridized carbons (Fsp3) is 0.286. The lowest BCUT2D eigenvalue weighted by molar-refractivity contribution is 0.0357. The average Bonchev–Trinajstić information content (AvgIpc) is 3.60. The largest absolute Gasteiger partial charge is 0.493 e. The van der Waals surface area contributed by atoms with Crippen LogP contribution in [0.4, 0.5) is 0 Å². The van der Waals surface area contributed by atoms with E-state index in [1.807, 2.05) is 61.1 Å². The number of H-pyrrole nitrogens is 1. The van der Waals surface area contributed by atoms with Crippen LogP contribution in [0.5, 0.6) is 17.2 Å². The van der Waals surface area contributed by atoms with Crippen LogP contribution in [0, 0.1) is 0 Å². The second-order valence-corrected chi connectivity index (χ2v) is 8.94. The van der Waals surface area contributed by atoms with E-state index in [0.717, 1.165) is 78.1 Å². The highest BCUT2D eigenvalue weighted by Gasteiger charge is 2.16. The van der Waals surface area contributed by atoms with E-state index in [9.17, 15) is 0 Å². The average molecular weight is 500 g/mol. The summed E-state index contributed by atoms with van der Waals surface area (Å²) >= 11 is 0. The van der Waals surface area contributed by atoms with Crippen molar-refractivity contribution in [3.05, 3.63) is 67.4 Å². The molecule has 6 rings (SSSR count). The Morgan fingerprint density at radius 1 is 1.00 bits per heavy atom. The van der Waals surface area contributed by atoms with Crippen molar-refractivity contribution >= 4 is 21.8 Å². The Kier molecular flexibility index (Phi) is 6.62. The topological polar surface area (TPSA) is 86.7 Å². The Morgan fingerprint density at radius 2 is 1.86 bits per heavy atom. The van der Waals surface area contributed by atoms with E-state index >= 15 is 0 Å². The fourth-order valence-electron chi connectivity index (χ4n) is 4.71. The zero-order valence-corrected chi connectivity index (χ0v) is 20.7. The second-order valence-electron chi connectivity index (χ2n) is 8.94. The molecule has 1 fully saturated rings. The van der Waals surface area contributed by atoms with Gasteiger partial charge < -0.3 is 24.0 Å². The third kappa shape index (κ3) is 4.96. The summed E-state index contributed by atoms with van der Waals surface area (Å²) < 4.78 is 18.9. The number of methoxy groups -OCH3 is 1. The Bertz CT molecular complexity index is 1490. The number of benzene rings is 2. The molecule has 37 heavy (non-hydrogen) atoms. The molecule has 4 heterocycles. The SMILES string of the molecule is COc1cc2c(-c3c[nH]c4cc(On5cccc5)ccc34)ncnc2cc1OCCCN1CCOCC1. The number of aromatic amines is 1. The number of nitrogens with one attached hydrogen (secondary N) is 1. The first-order chi connectivity index (χ1) is 18.3. The van der Waals surface area contributed by atoms with Gasteiger partial charge in [0.05, 0.1) is 38.1 Å². The van der Waals surface area contributed by atoms with Gasteiger partial charge >= 0.3 is 0 Å². The predicted octanol–water partition coefficient (Wildman–Crippen LogP) is 4.53. The maximum atomic E-state index is 6.12. The minimum Gasteiger partial charge on any atom is -0.493 e. The molecule has 0 radical (unpaired) electrons. The molecule has 0 atom stereocenters. The highest BCUT2D eigenvalue weighted by atomic mass is 16.7. The van der Waals surface area contributed by atoms with Crippen LogP contribution in [0.15, 0.2) is 67.4 Å². The predicted molar refractivity (Wildman–Crippen MR) is 141 cm³/mol. The molecule has 1 saturated heterocycles. The Labute approximate surface area is 214 Å². The number of hydrogen-bond acceptors (Lipinski definition) is 7. The Hall–Kier alpha value is -4.08. The van der Waals surface area contributed by atoms with Crippen molar-refractivity contribution in [1.29, 1.82) is 0 Å². The normalized spacial score (nSPS) is 14.3. The second kappa shape index (κ2) is 10.5. The maximum Gasteiger partial charge on any atom is 0.163 e. The standard InChI is InChI=1S/C28H29N5O4/c1-34-26-16-22-25(17-27(26)36-12-4-7-32-10-13-35-14-11-32)30-19-31-28(22)23-18-29-24-15-20(5-6-21(23)24)37-33-8-2-3-9-33/h2-3,5-6,8-9,15-19,29H,4,7,10-14H2,1H3. The fourth-order valence-corrected chi connectivity index (χ4v) is 4.71. The molecule has 0 bridgehead atoms. The van der Waals surface area contributed by atoms with E-state index in [1.54, 1.807) is 18.2 Å². The summed E-state index contributed by atoms with van der Waals surface area (Å²) in [5.74, 6) is 2.09. The summed E-state index contributed by atoms with van der Waals surface area (Å²) in [5.41, 5.74) is 3.57. The van der Waals surface area contributed by atoms with Crippen molar-refractivity contribution in [2.75, 3.05) is 46.6 Å². The molecule has 0 unspecified atom stereocenters. The Morgan fingerprint density at radius 3 is 2.70 bits per heavy atom. The zero-order valence-electron chi connectivity index (χ0n) is 20.7. The minimum absolute atomic E-state index is 0.604. The summed E-state index contributed by atoms with van der Waals surface area (Å²) in [4.78, 5) is 20.8. The van der Waals surface area contributed by atoms with Crippen LogP contribution in [0.3, 0.4) is 0 Å². The number of hydrogen-bond donors (Lipinski definition) is 1. The molecule has 9 nitrogen and oxygen atoms in total. The van der Waals surface area contributed by atoms with E-state index in [4.69, 9.17) is 19.0 Å². The first kappa shape index (κ1) is 23.3. The zero-order chi connectivity index (χ0) is 25.0. The van der Waals surface area contributed by atoms with Crippen molar-refractivity contribution in [3.63, 3.8) is 0 Å². The molecule has 3 aromatic heterocycles. The van der Waals surface area contributed by atoms with Gasteiger partial charge in [-0.25, -0.2) is 9.97 Å².